The molecule has 0 aromatic rings. The maximum atomic E-state index is 11.3. The van der Waals surface area contributed by atoms with Gasteiger partial charge in [0.2, 0.25) is 0 Å². The lowest BCUT2D eigenvalue weighted by atomic mass is 9.82. The number of carbonyl (C=O) groups excluding carboxylic acids is 1. The molecule has 2 rings (SSSR count). The molecule has 0 heterocycles. The topological polar surface area (TPSA) is 29.1 Å². The van der Waals surface area contributed by atoms with Crippen LogP contribution in [0.2, 0.25) is 0 Å². The van der Waals surface area contributed by atoms with E-state index in [0.717, 1.165) is 12.3 Å². The van der Waals surface area contributed by atoms with E-state index in [1.165, 1.54) is 32.1 Å². The summed E-state index contributed by atoms with van der Waals surface area (Å²) in [6, 6.07) is 0.676. The number of carbonyl (C=O) groups is 1. The van der Waals surface area contributed by atoms with E-state index < -0.39 is 0 Å². The van der Waals surface area contributed by atoms with Gasteiger partial charge in [-0.05, 0) is 18.8 Å². The normalized spacial score (nSPS) is 23.7. The fourth-order valence-corrected chi connectivity index (χ4v) is 1.64. The van der Waals surface area contributed by atoms with Crippen molar-refractivity contribution in [1.82, 2.24) is 5.32 Å². The predicted molar refractivity (Wildman–Crippen MR) is 48.0 cm³/mol. The molecule has 2 saturated carbocycles. The van der Waals surface area contributed by atoms with Crippen molar-refractivity contribution in [3.05, 3.63) is 0 Å². The molecule has 0 spiro atoms. The molecular weight excluding hydrogens is 150 g/mol. The van der Waals surface area contributed by atoms with Gasteiger partial charge in [0.25, 0.3) is 0 Å². The van der Waals surface area contributed by atoms with Crippen LogP contribution in [0.5, 0.6) is 0 Å². The van der Waals surface area contributed by atoms with E-state index in [9.17, 15) is 4.79 Å². The number of hydrogen-bond donors (Lipinski definition) is 1. The van der Waals surface area contributed by atoms with Gasteiger partial charge in [-0.1, -0.05) is 19.3 Å². The highest BCUT2D eigenvalue weighted by Crippen LogP contribution is 2.29. The third kappa shape index (κ3) is 2.31. The lowest BCUT2D eigenvalue weighted by molar-refractivity contribution is -0.119. The molecule has 0 aromatic carbocycles. The van der Waals surface area contributed by atoms with E-state index in [2.05, 4.69) is 5.32 Å². The molecule has 0 aromatic heterocycles. The lowest BCUT2D eigenvalue weighted by Crippen LogP contribution is -2.27. The second-order valence-corrected chi connectivity index (χ2v) is 4.19. The zero-order valence-electron chi connectivity index (χ0n) is 7.51. The van der Waals surface area contributed by atoms with Crippen molar-refractivity contribution in [3.8, 4) is 0 Å². The second-order valence-electron chi connectivity index (χ2n) is 4.19. The molecule has 2 fully saturated rings. The Balaban J connectivity index is 1.56. The van der Waals surface area contributed by atoms with Crippen LogP contribution in [0.1, 0.15) is 38.5 Å². The van der Waals surface area contributed by atoms with Gasteiger partial charge < -0.3 is 5.32 Å². The zero-order valence-corrected chi connectivity index (χ0v) is 7.51. The molecule has 2 aliphatic carbocycles. The largest absolute Gasteiger partial charge is 0.307 e. The highest BCUT2D eigenvalue weighted by Gasteiger charge is 2.23. The average molecular weight is 167 g/mol. The molecule has 0 radical (unpaired) electrons. The summed E-state index contributed by atoms with van der Waals surface area (Å²) in [5, 5.41) is 3.26. The first kappa shape index (κ1) is 8.24. The number of ketones is 1. The molecule has 2 nitrogen and oxygen atoms in total. The third-order valence-electron chi connectivity index (χ3n) is 2.91. The average Bonchev–Trinajstić information content (AvgIpc) is 2.76. The summed E-state index contributed by atoms with van der Waals surface area (Å²) in [6.07, 6.45) is 7.30. The van der Waals surface area contributed by atoms with Crippen molar-refractivity contribution in [2.75, 3.05) is 6.54 Å². The van der Waals surface area contributed by atoms with Crippen LogP contribution in [0, 0.1) is 5.92 Å². The minimum Gasteiger partial charge on any atom is -0.307 e. The van der Waals surface area contributed by atoms with Crippen molar-refractivity contribution >= 4 is 5.78 Å². The van der Waals surface area contributed by atoms with Crippen molar-refractivity contribution in [3.63, 3.8) is 0 Å². The maximum Gasteiger partial charge on any atom is 0.146 e. The second kappa shape index (κ2) is 3.56. The van der Waals surface area contributed by atoms with Gasteiger partial charge in [0.05, 0.1) is 6.54 Å². The van der Waals surface area contributed by atoms with Gasteiger partial charge in [-0.2, -0.15) is 0 Å². The van der Waals surface area contributed by atoms with E-state index in [-0.39, 0.29) is 0 Å². The Hall–Kier alpha value is -0.370. The van der Waals surface area contributed by atoms with Gasteiger partial charge in [-0.25, -0.2) is 0 Å². The summed E-state index contributed by atoms with van der Waals surface area (Å²) in [7, 11) is 0. The Morgan fingerprint density at radius 1 is 1.25 bits per heavy atom. The Labute approximate surface area is 73.7 Å². The van der Waals surface area contributed by atoms with Gasteiger partial charge in [-0.3, -0.25) is 4.79 Å². The van der Waals surface area contributed by atoms with Crippen LogP contribution < -0.4 is 5.32 Å². The van der Waals surface area contributed by atoms with E-state index >= 15 is 0 Å². The summed E-state index contributed by atoms with van der Waals surface area (Å²) >= 11 is 0. The minimum absolute atomic E-state index is 0.423. The van der Waals surface area contributed by atoms with E-state index in [0.29, 0.717) is 18.4 Å². The first-order chi connectivity index (χ1) is 5.84. The van der Waals surface area contributed by atoms with E-state index in [4.69, 9.17) is 0 Å². The molecule has 0 amide bonds. The molecule has 2 heteroatoms. The minimum atomic E-state index is 0.423. The van der Waals surface area contributed by atoms with Crippen molar-refractivity contribution in [2.45, 2.75) is 44.6 Å². The van der Waals surface area contributed by atoms with Gasteiger partial charge in [0.15, 0.2) is 0 Å². The van der Waals surface area contributed by atoms with Crippen LogP contribution in [0.25, 0.3) is 0 Å². The summed E-state index contributed by atoms with van der Waals surface area (Å²) < 4.78 is 0. The Kier molecular flexibility index (Phi) is 2.45. The quantitative estimate of drug-likeness (QED) is 0.672. The third-order valence-corrected chi connectivity index (χ3v) is 2.91. The molecule has 0 aliphatic heterocycles. The van der Waals surface area contributed by atoms with Crippen molar-refractivity contribution in [2.24, 2.45) is 5.92 Å². The predicted octanol–water partition coefficient (Wildman–Crippen LogP) is 1.50. The van der Waals surface area contributed by atoms with Gasteiger partial charge >= 0.3 is 0 Å². The standard InChI is InChI=1S/C10H17NO/c12-10(6-8-2-1-3-8)7-11-9-4-5-9/h8-9,11H,1-7H2. The smallest absolute Gasteiger partial charge is 0.146 e. The Morgan fingerprint density at radius 3 is 2.50 bits per heavy atom. The summed E-state index contributed by atoms with van der Waals surface area (Å²) in [5.41, 5.74) is 0. The van der Waals surface area contributed by atoms with Crippen LogP contribution in [0.15, 0.2) is 0 Å². The van der Waals surface area contributed by atoms with Gasteiger partial charge in [0, 0.05) is 12.5 Å². The zero-order chi connectivity index (χ0) is 8.39. The number of nitrogens with one attached hydrogen (secondary N) is 1. The van der Waals surface area contributed by atoms with Crippen LogP contribution >= 0.6 is 0 Å². The highest BCUT2D eigenvalue weighted by atomic mass is 16.1. The molecule has 68 valence electrons. The molecule has 0 unspecified atom stereocenters. The molecule has 0 saturated heterocycles. The summed E-state index contributed by atoms with van der Waals surface area (Å²) in [6.45, 7) is 0.626. The van der Waals surface area contributed by atoms with Crippen LogP contribution in [-0.4, -0.2) is 18.4 Å². The molecule has 0 bridgehead atoms. The van der Waals surface area contributed by atoms with E-state index in [1.54, 1.807) is 0 Å². The number of Topliss-reactive ketones (excluding diaryl/α,β-unsaturated/α-hetero) is 1. The van der Waals surface area contributed by atoms with Crippen molar-refractivity contribution in [1.29, 1.82) is 0 Å². The lowest BCUT2D eigenvalue weighted by Gasteiger charge is -2.24. The highest BCUT2D eigenvalue weighted by molar-refractivity contribution is 5.80. The van der Waals surface area contributed by atoms with Crippen LogP contribution in [0.4, 0.5) is 0 Å². The van der Waals surface area contributed by atoms with Crippen LogP contribution in [0.3, 0.4) is 0 Å². The fourth-order valence-electron chi connectivity index (χ4n) is 1.64. The van der Waals surface area contributed by atoms with Crippen LogP contribution in [-0.2, 0) is 4.79 Å². The number of hydrogen-bond acceptors (Lipinski definition) is 2. The van der Waals surface area contributed by atoms with Gasteiger partial charge in [0.1, 0.15) is 5.78 Å². The molecule has 1 N–H and O–H groups in total. The van der Waals surface area contributed by atoms with Gasteiger partial charge in [-0.15, -0.1) is 0 Å². The molecule has 0 atom stereocenters. The summed E-state index contributed by atoms with van der Waals surface area (Å²) in [5.74, 6) is 1.16. The maximum absolute atomic E-state index is 11.3. The molecule has 12 heavy (non-hydrogen) atoms. The Bertz CT molecular complexity index is 171. The fraction of sp³-hybridized carbons (Fsp3) is 0.900. The monoisotopic (exact) mass is 167 g/mol. The SMILES string of the molecule is O=C(CNC1CC1)CC1CCC1. The first-order valence-electron chi connectivity index (χ1n) is 5.09. The van der Waals surface area contributed by atoms with E-state index in [1.807, 2.05) is 0 Å². The Morgan fingerprint density at radius 2 is 2.00 bits per heavy atom. The van der Waals surface area contributed by atoms with Crippen molar-refractivity contribution < 1.29 is 4.79 Å². The summed E-state index contributed by atoms with van der Waals surface area (Å²) in [4.78, 5) is 11.3. The first-order valence-corrected chi connectivity index (χ1v) is 5.09. The number of rotatable bonds is 5. The molecular formula is C10H17NO. The molecule has 2 aliphatic rings.